The fourth-order valence-corrected chi connectivity index (χ4v) is 5.99. The van der Waals surface area contributed by atoms with Crippen LogP contribution in [0.4, 0.5) is 4.79 Å². The molecule has 0 unspecified atom stereocenters. The number of carbonyl (C=O) groups excluding carboxylic acids is 2. The summed E-state index contributed by atoms with van der Waals surface area (Å²) in [6.45, 7) is 12.6. The van der Waals surface area contributed by atoms with Crippen LogP contribution in [-0.4, -0.2) is 59.2 Å². The van der Waals surface area contributed by atoms with Gasteiger partial charge >= 0.3 is 6.09 Å². The molecule has 3 rings (SSSR count). The fraction of sp³-hybridized carbons (Fsp3) is 0.733. The Labute approximate surface area is 230 Å². The van der Waals surface area contributed by atoms with Gasteiger partial charge in [0.2, 0.25) is 5.91 Å². The van der Waals surface area contributed by atoms with Gasteiger partial charge in [0.25, 0.3) is 0 Å². The van der Waals surface area contributed by atoms with Crippen molar-refractivity contribution in [3.63, 3.8) is 0 Å². The summed E-state index contributed by atoms with van der Waals surface area (Å²) < 4.78 is 5.43. The minimum atomic E-state index is -0.591. The van der Waals surface area contributed by atoms with E-state index < -0.39 is 17.7 Å². The maximum atomic E-state index is 13.2. The van der Waals surface area contributed by atoms with E-state index in [0.717, 1.165) is 44.1 Å². The summed E-state index contributed by atoms with van der Waals surface area (Å²) in [5.41, 5.74) is 0.730. The number of alkyl carbamates (subject to hydrolysis) is 1. The summed E-state index contributed by atoms with van der Waals surface area (Å²) in [4.78, 5) is 28.0. The van der Waals surface area contributed by atoms with Crippen LogP contribution in [0.25, 0.3) is 0 Å². The van der Waals surface area contributed by atoms with Crippen molar-refractivity contribution in [3.8, 4) is 0 Å². The largest absolute Gasteiger partial charge is 0.444 e. The standard InChI is InChI=1S/C27H43N3O3S.C3H8/c1-27(2,3)33-26(32)29-24(20-34-19-22-12-8-5-9-13-22)25(31)28-23-14-16-30(17-15-23)18-21-10-6-4-7-11-21;1-3-2/h4,6-7,10-11,22-24H,5,8-9,12-20H2,1-3H3,(H,28,31)(H,29,32);3H2,1-2H3/t24-;/m0./s1. The Morgan fingerprint density at radius 2 is 1.65 bits per heavy atom. The van der Waals surface area contributed by atoms with E-state index in [2.05, 4.69) is 53.6 Å². The summed E-state index contributed by atoms with van der Waals surface area (Å²) in [6.07, 6.45) is 9.11. The molecule has 0 aromatic heterocycles. The number of benzene rings is 1. The molecule has 1 saturated carbocycles. The van der Waals surface area contributed by atoms with E-state index in [1.807, 2.05) is 26.8 Å². The number of amides is 2. The van der Waals surface area contributed by atoms with E-state index >= 15 is 0 Å². The molecule has 6 nitrogen and oxygen atoms in total. The van der Waals surface area contributed by atoms with E-state index in [1.54, 1.807) is 11.8 Å². The first-order chi connectivity index (χ1) is 17.7. The molecule has 0 radical (unpaired) electrons. The van der Waals surface area contributed by atoms with E-state index in [1.165, 1.54) is 44.1 Å². The van der Waals surface area contributed by atoms with Crippen molar-refractivity contribution in [1.82, 2.24) is 15.5 Å². The van der Waals surface area contributed by atoms with Crippen LogP contribution in [0.5, 0.6) is 0 Å². The van der Waals surface area contributed by atoms with Gasteiger partial charge in [-0.3, -0.25) is 9.69 Å². The number of carbonyl (C=O) groups is 2. The molecule has 37 heavy (non-hydrogen) atoms. The van der Waals surface area contributed by atoms with Gasteiger partial charge in [-0.2, -0.15) is 11.8 Å². The lowest BCUT2D eigenvalue weighted by Crippen LogP contribution is -2.53. The van der Waals surface area contributed by atoms with Gasteiger partial charge in [0.1, 0.15) is 11.6 Å². The van der Waals surface area contributed by atoms with Gasteiger partial charge < -0.3 is 15.4 Å². The Balaban J connectivity index is 0.00000153. The van der Waals surface area contributed by atoms with Crippen LogP contribution in [0.3, 0.4) is 0 Å². The van der Waals surface area contributed by atoms with Crippen LogP contribution < -0.4 is 10.6 Å². The molecule has 0 bridgehead atoms. The summed E-state index contributed by atoms with van der Waals surface area (Å²) in [7, 11) is 0. The highest BCUT2D eigenvalue weighted by Gasteiger charge is 2.28. The maximum absolute atomic E-state index is 13.2. The van der Waals surface area contributed by atoms with Gasteiger partial charge in [-0.15, -0.1) is 0 Å². The molecule has 1 saturated heterocycles. The van der Waals surface area contributed by atoms with Gasteiger partial charge in [0.05, 0.1) is 0 Å². The van der Waals surface area contributed by atoms with Crippen LogP contribution in [0.2, 0.25) is 0 Å². The quantitative estimate of drug-likeness (QED) is 0.385. The average Bonchev–Trinajstić information content (AvgIpc) is 2.85. The number of nitrogens with one attached hydrogen (secondary N) is 2. The molecule has 210 valence electrons. The zero-order chi connectivity index (χ0) is 27.1. The number of rotatable bonds is 9. The number of piperidine rings is 1. The first-order valence-electron chi connectivity index (χ1n) is 14.3. The first kappa shape index (κ1) is 31.5. The number of hydrogen-bond donors (Lipinski definition) is 2. The lowest BCUT2D eigenvalue weighted by atomic mass is 9.91. The molecular weight excluding hydrogens is 482 g/mol. The Morgan fingerprint density at radius 3 is 2.24 bits per heavy atom. The van der Waals surface area contributed by atoms with E-state index in [-0.39, 0.29) is 11.9 Å². The molecule has 2 amide bonds. The van der Waals surface area contributed by atoms with Crippen LogP contribution in [-0.2, 0) is 16.1 Å². The second-order valence-electron chi connectivity index (χ2n) is 11.5. The third-order valence-corrected chi connectivity index (χ3v) is 7.83. The van der Waals surface area contributed by atoms with Crippen molar-refractivity contribution in [1.29, 1.82) is 0 Å². The lowest BCUT2D eigenvalue weighted by molar-refractivity contribution is -0.123. The molecule has 1 aliphatic heterocycles. The molecule has 1 aromatic rings. The normalized spacial score (nSPS) is 18.3. The number of nitrogens with zero attached hydrogens (tertiary/aromatic N) is 1. The third-order valence-electron chi connectivity index (χ3n) is 6.55. The fourth-order valence-electron chi connectivity index (χ4n) is 4.72. The highest BCUT2D eigenvalue weighted by atomic mass is 32.2. The maximum Gasteiger partial charge on any atom is 0.408 e. The molecule has 1 aromatic carbocycles. The second kappa shape index (κ2) is 17.0. The molecule has 1 heterocycles. The van der Waals surface area contributed by atoms with Gasteiger partial charge in [-0.1, -0.05) is 69.9 Å². The topological polar surface area (TPSA) is 70.7 Å². The van der Waals surface area contributed by atoms with Crippen molar-refractivity contribution in [2.24, 2.45) is 5.92 Å². The zero-order valence-electron chi connectivity index (χ0n) is 23.9. The van der Waals surface area contributed by atoms with Crippen molar-refractivity contribution in [2.75, 3.05) is 24.6 Å². The highest BCUT2D eigenvalue weighted by Crippen LogP contribution is 2.27. The predicted molar refractivity (Wildman–Crippen MR) is 156 cm³/mol. The monoisotopic (exact) mass is 533 g/mol. The van der Waals surface area contributed by atoms with Crippen molar-refractivity contribution >= 4 is 23.8 Å². The molecule has 1 aliphatic carbocycles. The Kier molecular flexibility index (Phi) is 14.4. The molecular formula is C30H51N3O3S. The van der Waals surface area contributed by atoms with E-state index in [4.69, 9.17) is 4.74 Å². The molecule has 0 spiro atoms. The van der Waals surface area contributed by atoms with Crippen LogP contribution >= 0.6 is 11.8 Å². The molecule has 2 aliphatic rings. The number of hydrogen-bond acceptors (Lipinski definition) is 5. The van der Waals surface area contributed by atoms with Gasteiger partial charge in [0, 0.05) is 31.4 Å². The number of ether oxygens (including phenoxy) is 1. The average molecular weight is 534 g/mol. The first-order valence-corrected chi connectivity index (χ1v) is 15.5. The lowest BCUT2D eigenvalue weighted by Gasteiger charge is -2.33. The molecule has 2 N–H and O–H groups in total. The van der Waals surface area contributed by atoms with Crippen molar-refractivity contribution in [2.45, 2.75) is 110 Å². The summed E-state index contributed by atoms with van der Waals surface area (Å²) in [5.74, 6) is 2.27. The van der Waals surface area contributed by atoms with Crippen LogP contribution in [0, 0.1) is 5.92 Å². The van der Waals surface area contributed by atoms with E-state index in [0.29, 0.717) is 5.75 Å². The SMILES string of the molecule is CC(C)(C)OC(=O)N[C@@H](CSCC1CCCCC1)C(=O)NC1CCN(Cc2ccccc2)CC1.CCC. The molecule has 2 fully saturated rings. The summed E-state index contributed by atoms with van der Waals surface area (Å²) in [6, 6.07) is 10.1. The molecule has 7 heteroatoms. The van der Waals surface area contributed by atoms with Crippen molar-refractivity contribution in [3.05, 3.63) is 35.9 Å². The van der Waals surface area contributed by atoms with Crippen molar-refractivity contribution < 1.29 is 14.3 Å². The highest BCUT2D eigenvalue weighted by molar-refractivity contribution is 7.99. The molecule has 1 atom stereocenters. The minimum absolute atomic E-state index is 0.0940. The van der Waals surface area contributed by atoms with Gasteiger partial charge in [-0.25, -0.2) is 4.79 Å². The number of thioether (sulfide) groups is 1. The van der Waals surface area contributed by atoms with E-state index in [9.17, 15) is 9.59 Å². The Bertz CT molecular complexity index is 770. The number of likely N-dealkylation sites (tertiary alicyclic amines) is 1. The Hall–Kier alpha value is -1.73. The van der Waals surface area contributed by atoms with Crippen LogP contribution in [0.1, 0.15) is 91.5 Å². The summed E-state index contributed by atoms with van der Waals surface area (Å²) >= 11 is 1.78. The second-order valence-corrected chi connectivity index (χ2v) is 12.6. The Morgan fingerprint density at radius 1 is 1.03 bits per heavy atom. The third kappa shape index (κ3) is 13.6. The zero-order valence-corrected chi connectivity index (χ0v) is 24.7. The van der Waals surface area contributed by atoms with Gasteiger partial charge in [0.15, 0.2) is 0 Å². The van der Waals surface area contributed by atoms with Gasteiger partial charge in [-0.05, 0) is 63.7 Å². The summed E-state index contributed by atoms with van der Waals surface area (Å²) in [5, 5.41) is 6.05. The minimum Gasteiger partial charge on any atom is -0.444 e. The predicted octanol–water partition coefficient (Wildman–Crippen LogP) is 6.39. The smallest absolute Gasteiger partial charge is 0.408 e. The van der Waals surface area contributed by atoms with Crippen LogP contribution in [0.15, 0.2) is 30.3 Å².